The van der Waals surface area contributed by atoms with Gasteiger partial charge in [-0.05, 0) is 85.9 Å². The largest absolute Gasteiger partial charge is 0.399 e. The summed E-state index contributed by atoms with van der Waals surface area (Å²) in [6.45, 7) is 5.17. The minimum atomic E-state index is -3.80. The van der Waals surface area contributed by atoms with Crippen LogP contribution >= 0.6 is 0 Å². The van der Waals surface area contributed by atoms with Crippen molar-refractivity contribution in [1.29, 1.82) is 0 Å². The van der Waals surface area contributed by atoms with Gasteiger partial charge in [-0.25, -0.2) is 17.5 Å². The molecule has 8 atom stereocenters. The monoisotopic (exact) mass is 816 g/mol. The minimum absolute atomic E-state index is 0.0570. The van der Waals surface area contributed by atoms with E-state index in [4.69, 9.17) is 5.73 Å². The Labute approximate surface area is 340 Å². The molecule has 0 saturated heterocycles. The molecule has 0 aromatic heterocycles. The van der Waals surface area contributed by atoms with E-state index in [2.05, 4.69) is 11.6 Å². The van der Waals surface area contributed by atoms with E-state index in [1.807, 2.05) is 6.92 Å². The first-order valence-corrected chi connectivity index (χ1v) is 23.1. The molecule has 0 heterocycles. The number of unbranched alkanes of at least 4 members (excludes halogenated alkanes) is 14. The molecule has 1 aromatic carbocycles. The highest BCUT2D eigenvalue weighted by atomic mass is 32.2. The predicted molar refractivity (Wildman–Crippen MR) is 221 cm³/mol. The third kappa shape index (κ3) is 11.2. The summed E-state index contributed by atoms with van der Waals surface area (Å²) < 4.78 is 41.5. The Morgan fingerprint density at radius 3 is 2.00 bits per heavy atom. The van der Waals surface area contributed by atoms with Gasteiger partial charge < -0.3 is 21.1 Å². The van der Waals surface area contributed by atoms with Gasteiger partial charge in [0.1, 0.15) is 18.4 Å². The Hall–Kier alpha value is -2.93. The van der Waals surface area contributed by atoms with Crippen LogP contribution in [0.2, 0.25) is 0 Å². The van der Waals surface area contributed by atoms with Gasteiger partial charge in [0, 0.05) is 28.9 Å². The van der Waals surface area contributed by atoms with Crippen LogP contribution in [-0.2, 0) is 24.4 Å². The van der Waals surface area contributed by atoms with Crippen molar-refractivity contribution in [1.82, 2.24) is 4.72 Å². The number of aliphatic hydroxyl groups excluding tert-OH is 2. The van der Waals surface area contributed by atoms with Crippen LogP contribution in [0.3, 0.4) is 0 Å². The van der Waals surface area contributed by atoms with Crippen molar-refractivity contribution in [2.75, 3.05) is 12.3 Å². The molecule has 3 saturated carbocycles. The number of halogens is 1. The highest BCUT2D eigenvalue weighted by Gasteiger charge is 2.68. The van der Waals surface area contributed by atoms with Crippen LogP contribution in [0.1, 0.15) is 149 Å². The number of amides is 1. The normalized spacial score (nSPS) is 30.3. The summed E-state index contributed by atoms with van der Waals surface area (Å²) in [4.78, 5) is 36.1. The lowest BCUT2D eigenvalue weighted by atomic mass is 9.46. The van der Waals surface area contributed by atoms with Crippen LogP contribution in [0.25, 0.3) is 0 Å². The van der Waals surface area contributed by atoms with Crippen molar-refractivity contribution in [3.63, 3.8) is 0 Å². The highest BCUT2D eigenvalue weighted by molar-refractivity contribution is 7.90. The number of anilines is 1. The molecule has 3 fully saturated rings. The van der Waals surface area contributed by atoms with E-state index in [0.29, 0.717) is 17.7 Å². The minimum Gasteiger partial charge on any atom is -0.399 e. The van der Waals surface area contributed by atoms with Gasteiger partial charge in [-0.15, -0.1) is 0 Å². The van der Waals surface area contributed by atoms with Crippen LogP contribution in [0.5, 0.6) is 0 Å². The van der Waals surface area contributed by atoms with Crippen LogP contribution in [0, 0.1) is 28.6 Å². The topological polar surface area (TPSA) is 184 Å². The standard InChI is InChI=1S/C24H42N2O3S.C21H27FO5/c1-2-3-4-5-6-7-8-9-10-11-12-13-14-15-16-17-24(27)26-30(28,29)23-20-18-22(25)19-21-23;1-19-5-3-11(24)7-14(19)15(22)8-12-13-4-6-21(27,17(26)10-23)20(13,2)9-16(25)18(12)19/h18-21H,2-17,25H2,1H3,(H,26,27);3,5,7,12-13,15-16,18,23,25,27H,4,6,8-10H2,1-2H3/t;12-,13-,15-,16-,18+,19-,20-,21-/m.0/s1. The van der Waals surface area contributed by atoms with E-state index in [9.17, 15) is 38.1 Å². The molecule has 0 radical (unpaired) electrons. The number of alkyl halides is 1. The molecule has 320 valence electrons. The van der Waals surface area contributed by atoms with E-state index in [-0.39, 0.29) is 54.1 Å². The van der Waals surface area contributed by atoms with Crippen molar-refractivity contribution in [3.05, 3.63) is 48.1 Å². The fourth-order valence-electron chi connectivity index (χ4n) is 10.5. The lowest BCUT2D eigenvalue weighted by Crippen LogP contribution is -2.62. The summed E-state index contributed by atoms with van der Waals surface area (Å²) in [5.41, 5.74) is 3.12. The third-order valence-electron chi connectivity index (χ3n) is 13.7. The molecule has 6 N–H and O–H groups in total. The number of allylic oxidation sites excluding steroid dienone is 4. The van der Waals surface area contributed by atoms with Gasteiger partial charge in [0.25, 0.3) is 10.0 Å². The fraction of sp³-hybridized carbons (Fsp3) is 0.711. The van der Waals surface area contributed by atoms with E-state index >= 15 is 4.39 Å². The van der Waals surface area contributed by atoms with E-state index in [0.717, 1.165) is 19.3 Å². The number of nitrogen functional groups attached to an aromatic ring is 1. The van der Waals surface area contributed by atoms with Crippen molar-refractivity contribution in [3.8, 4) is 0 Å². The number of sulfonamides is 1. The van der Waals surface area contributed by atoms with Gasteiger partial charge in [-0.2, -0.15) is 0 Å². The van der Waals surface area contributed by atoms with Crippen molar-refractivity contribution in [2.24, 2.45) is 28.6 Å². The number of aliphatic hydroxyl groups is 3. The third-order valence-corrected chi connectivity index (χ3v) is 15.1. The first-order valence-electron chi connectivity index (χ1n) is 21.6. The molecular formula is C45H69FN2O8S. The van der Waals surface area contributed by atoms with Crippen molar-refractivity contribution in [2.45, 2.75) is 172 Å². The number of carbonyl (C=O) groups excluding carboxylic acids is 3. The first kappa shape index (κ1) is 46.8. The molecule has 57 heavy (non-hydrogen) atoms. The Bertz CT molecular complexity index is 1680. The second-order valence-corrected chi connectivity index (χ2v) is 19.3. The lowest BCUT2D eigenvalue weighted by molar-refractivity contribution is -0.180. The highest BCUT2D eigenvalue weighted by Crippen LogP contribution is 2.67. The molecule has 1 aromatic rings. The number of rotatable bonds is 20. The van der Waals surface area contributed by atoms with Crippen LogP contribution in [-0.4, -0.2) is 65.7 Å². The average molecular weight is 817 g/mol. The molecular weight excluding hydrogens is 748 g/mol. The fourth-order valence-corrected chi connectivity index (χ4v) is 11.5. The maximum atomic E-state index is 15.1. The Morgan fingerprint density at radius 1 is 0.912 bits per heavy atom. The SMILES string of the molecule is CCCCCCCCCCCCCCCCCC(=O)NS(=O)(=O)c1ccc(N)cc1.C[C@]12C=CC(=O)C=C1[C@@H](F)C[C@@H]1[C@@H]2[C@@H](O)C[C@@]2(C)[C@H]1CC[C@]2(O)C(=O)CO. The first-order chi connectivity index (χ1) is 27.0. The molecule has 5 rings (SSSR count). The summed E-state index contributed by atoms with van der Waals surface area (Å²) in [7, 11) is -3.80. The smallest absolute Gasteiger partial charge is 0.264 e. The maximum absolute atomic E-state index is 15.1. The molecule has 1 amide bonds. The summed E-state index contributed by atoms with van der Waals surface area (Å²) in [6.07, 6.45) is 22.7. The number of nitrogens with two attached hydrogens (primary N) is 1. The Morgan fingerprint density at radius 2 is 1.46 bits per heavy atom. The number of ketones is 2. The van der Waals surface area contributed by atoms with Gasteiger partial charge >= 0.3 is 0 Å². The lowest BCUT2D eigenvalue weighted by Gasteiger charge is -2.60. The van der Waals surface area contributed by atoms with Gasteiger partial charge in [0.2, 0.25) is 5.91 Å². The molecule has 0 spiro atoms. The molecule has 4 aliphatic rings. The van der Waals surface area contributed by atoms with Crippen molar-refractivity contribution >= 4 is 33.2 Å². The molecule has 4 aliphatic carbocycles. The van der Waals surface area contributed by atoms with Crippen molar-refractivity contribution < 1.29 is 42.5 Å². The zero-order chi connectivity index (χ0) is 41.9. The quantitative estimate of drug-likeness (QED) is 0.0646. The van der Waals surface area contributed by atoms with Gasteiger partial charge in [-0.1, -0.05) is 117 Å². The van der Waals surface area contributed by atoms with E-state index in [1.54, 1.807) is 13.0 Å². The molecule has 0 aliphatic heterocycles. The summed E-state index contributed by atoms with van der Waals surface area (Å²) in [5.74, 6) is -1.92. The number of benzene rings is 1. The maximum Gasteiger partial charge on any atom is 0.264 e. The predicted octanol–water partition coefficient (Wildman–Crippen LogP) is 7.84. The molecule has 12 heteroatoms. The van der Waals surface area contributed by atoms with E-state index in [1.165, 1.54) is 113 Å². The summed E-state index contributed by atoms with van der Waals surface area (Å²) in [6, 6.07) is 5.82. The van der Waals surface area contributed by atoms with Crippen LogP contribution in [0.4, 0.5) is 10.1 Å². The number of hydrogen-bond donors (Lipinski definition) is 5. The summed E-state index contributed by atoms with van der Waals surface area (Å²) in [5, 5.41) is 31.6. The van der Waals surface area contributed by atoms with Gasteiger partial charge in [-0.3, -0.25) is 14.4 Å². The average Bonchev–Trinajstić information content (AvgIpc) is 3.43. The van der Waals surface area contributed by atoms with Gasteiger partial charge in [0.15, 0.2) is 11.6 Å². The zero-order valence-corrected chi connectivity index (χ0v) is 35.3. The second-order valence-electron chi connectivity index (χ2n) is 17.6. The van der Waals surface area contributed by atoms with Crippen LogP contribution in [0.15, 0.2) is 53.0 Å². The summed E-state index contributed by atoms with van der Waals surface area (Å²) >= 11 is 0. The number of carbonyl (C=O) groups is 3. The number of fused-ring (bicyclic) bond motifs is 5. The zero-order valence-electron chi connectivity index (χ0n) is 34.5. The number of Topliss-reactive ketones (excluding diaryl/α,β-unsaturated/α-hetero) is 1. The molecule has 10 nitrogen and oxygen atoms in total. The van der Waals surface area contributed by atoms with E-state index < -0.39 is 57.0 Å². The number of nitrogens with one attached hydrogen (secondary N) is 1. The second kappa shape index (κ2) is 20.9. The Balaban J connectivity index is 0.000000253. The van der Waals surface area contributed by atoms with Crippen LogP contribution < -0.4 is 10.5 Å². The molecule has 0 bridgehead atoms. The molecule has 0 unspecified atom stereocenters. The Kier molecular flexibility index (Phi) is 17.1. The van der Waals surface area contributed by atoms with Gasteiger partial charge in [0.05, 0.1) is 11.0 Å². The number of hydrogen-bond acceptors (Lipinski definition) is 9.